The molecule has 112 valence electrons. The number of hydrogen-bond acceptors (Lipinski definition) is 5. The summed E-state index contributed by atoms with van der Waals surface area (Å²) in [7, 11) is 0. The topological polar surface area (TPSA) is 97.1 Å². The number of aromatic nitrogens is 3. The summed E-state index contributed by atoms with van der Waals surface area (Å²) in [5.74, 6) is -0.953. The van der Waals surface area contributed by atoms with Gasteiger partial charge in [0, 0.05) is 0 Å². The van der Waals surface area contributed by atoms with E-state index in [1.807, 2.05) is 6.92 Å². The van der Waals surface area contributed by atoms with Crippen LogP contribution in [0.25, 0.3) is 10.9 Å². The van der Waals surface area contributed by atoms with E-state index in [2.05, 4.69) is 15.6 Å². The number of rotatable bonds is 6. The van der Waals surface area contributed by atoms with Gasteiger partial charge in [-0.2, -0.15) is 4.68 Å². The molecule has 21 heavy (non-hydrogen) atoms. The predicted molar refractivity (Wildman–Crippen MR) is 77.9 cm³/mol. The van der Waals surface area contributed by atoms with Gasteiger partial charge in [0.15, 0.2) is 0 Å². The Morgan fingerprint density at radius 3 is 2.81 bits per heavy atom. The first-order valence-corrected chi connectivity index (χ1v) is 6.79. The average Bonchev–Trinajstić information content (AvgIpc) is 2.47. The Kier molecular flexibility index (Phi) is 4.32. The first-order valence-electron chi connectivity index (χ1n) is 6.79. The normalized spacial score (nSPS) is 14.0. The number of carbonyl (C=O) groups is 1. The molecule has 0 saturated heterocycles. The number of hydrogen-bond donors (Lipinski definition) is 2. The minimum absolute atomic E-state index is 0.000528. The van der Waals surface area contributed by atoms with Crippen molar-refractivity contribution in [2.75, 3.05) is 0 Å². The Bertz CT molecular complexity index is 713. The van der Waals surface area contributed by atoms with Crippen LogP contribution in [-0.4, -0.2) is 31.6 Å². The van der Waals surface area contributed by atoms with Gasteiger partial charge in [0.25, 0.3) is 5.56 Å². The van der Waals surface area contributed by atoms with E-state index in [0.29, 0.717) is 23.7 Å². The number of nitrogens with one attached hydrogen (secondary N) is 1. The maximum atomic E-state index is 12.2. The van der Waals surface area contributed by atoms with Crippen molar-refractivity contribution in [3.8, 4) is 0 Å². The molecule has 0 spiro atoms. The Labute approximate surface area is 121 Å². The molecule has 0 radical (unpaired) electrons. The third-order valence-electron chi connectivity index (χ3n) is 3.47. The summed E-state index contributed by atoms with van der Waals surface area (Å²) in [6, 6.07) is 6.91. The Balaban J connectivity index is 2.26. The van der Waals surface area contributed by atoms with Gasteiger partial charge in [0.1, 0.15) is 11.1 Å². The van der Waals surface area contributed by atoms with Crippen molar-refractivity contribution >= 4 is 16.9 Å². The summed E-state index contributed by atoms with van der Waals surface area (Å²) in [6.45, 7) is 3.50. The van der Waals surface area contributed by atoms with Gasteiger partial charge in [-0.15, -0.1) is 5.10 Å². The number of fused-ring (bicyclic) bond motifs is 1. The fourth-order valence-electron chi connectivity index (χ4n) is 2.15. The average molecular weight is 290 g/mol. The standard InChI is InChI=1S/C14H18N4O3/c1-3-8-14(2,13(20)21)15-9-18-12(19)10-6-4-5-7-11(10)16-17-18/h4-7,15H,3,8-9H2,1-2H3,(H,20,21). The fraction of sp³-hybridized carbons (Fsp3) is 0.429. The highest BCUT2D eigenvalue weighted by molar-refractivity contribution is 5.78. The van der Waals surface area contributed by atoms with E-state index in [1.54, 1.807) is 31.2 Å². The zero-order valence-corrected chi connectivity index (χ0v) is 12.0. The first-order chi connectivity index (χ1) is 9.98. The molecule has 1 aromatic carbocycles. The SMILES string of the molecule is CCCC(C)(NCn1nnc2ccccc2c1=O)C(=O)O. The van der Waals surface area contributed by atoms with Crippen molar-refractivity contribution in [2.45, 2.75) is 38.9 Å². The van der Waals surface area contributed by atoms with Crippen LogP contribution in [0.15, 0.2) is 29.1 Å². The van der Waals surface area contributed by atoms with Gasteiger partial charge in [-0.05, 0) is 25.5 Å². The molecule has 7 heteroatoms. The third-order valence-corrected chi connectivity index (χ3v) is 3.47. The molecule has 2 aromatic rings. The largest absolute Gasteiger partial charge is 0.480 e. The maximum absolute atomic E-state index is 12.2. The highest BCUT2D eigenvalue weighted by atomic mass is 16.4. The van der Waals surface area contributed by atoms with Crippen LogP contribution in [0.1, 0.15) is 26.7 Å². The summed E-state index contributed by atoms with van der Waals surface area (Å²) in [5, 5.41) is 20.4. The lowest BCUT2D eigenvalue weighted by Gasteiger charge is -2.25. The Morgan fingerprint density at radius 1 is 1.43 bits per heavy atom. The van der Waals surface area contributed by atoms with Crippen LogP contribution >= 0.6 is 0 Å². The molecule has 1 unspecified atom stereocenters. The van der Waals surface area contributed by atoms with Gasteiger partial charge in [-0.25, -0.2) is 0 Å². The Hall–Kier alpha value is -2.28. The zero-order valence-electron chi connectivity index (χ0n) is 12.0. The molecule has 1 aromatic heterocycles. The van der Waals surface area contributed by atoms with Crippen molar-refractivity contribution < 1.29 is 9.90 Å². The highest BCUT2D eigenvalue weighted by Gasteiger charge is 2.31. The molecule has 0 amide bonds. The number of benzene rings is 1. The van der Waals surface area contributed by atoms with Crippen molar-refractivity contribution in [1.82, 2.24) is 20.3 Å². The van der Waals surface area contributed by atoms with Crippen LogP contribution in [0.2, 0.25) is 0 Å². The summed E-state index contributed by atoms with van der Waals surface area (Å²) in [6.07, 6.45) is 1.17. The predicted octanol–water partition coefficient (Wildman–Crippen LogP) is 0.982. The minimum Gasteiger partial charge on any atom is -0.480 e. The summed E-state index contributed by atoms with van der Waals surface area (Å²) < 4.78 is 1.14. The molecule has 2 rings (SSSR count). The van der Waals surface area contributed by atoms with Crippen molar-refractivity contribution in [3.05, 3.63) is 34.6 Å². The van der Waals surface area contributed by atoms with Crippen LogP contribution in [0.3, 0.4) is 0 Å². The summed E-state index contributed by atoms with van der Waals surface area (Å²) in [4.78, 5) is 23.6. The lowest BCUT2D eigenvalue weighted by atomic mass is 9.97. The number of aliphatic carboxylic acids is 1. The van der Waals surface area contributed by atoms with E-state index >= 15 is 0 Å². The molecular formula is C14H18N4O3. The third kappa shape index (κ3) is 3.08. The van der Waals surface area contributed by atoms with E-state index in [0.717, 1.165) is 4.68 Å². The molecule has 0 aliphatic heterocycles. The van der Waals surface area contributed by atoms with Gasteiger partial charge in [-0.3, -0.25) is 14.9 Å². The molecule has 1 atom stereocenters. The van der Waals surface area contributed by atoms with Gasteiger partial charge in [-0.1, -0.05) is 30.7 Å². The van der Waals surface area contributed by atoms with Crippen molar-refractivity contribution in [3.63, 3.8) is 0 Å². The van der Waals surface area contributed by atoms with Crippen LogP contribution in [0.5, 0.6) is 0 Å². The van der Waals surface area contributed by atoms with Crippen LogP contribution in [0.4, 0.5) is 0 Å². The molecule has 1 heterocycles. The van der Waals surface area contributed by atoms with E-state index in [4.69, 9.17) is 0 Å². The van der Waals surface area contributed by atoms with E-state index in [9.17, 15) is 14.7 Å². The van der Waals surface area contributed by atoms with E-state index < -0.39 is 11.5 Å². The van der Waals surface area contributed by atoms with Crippen LogP contribution in [0, 0.1) is 0 Å². The second kappa shape index (κ2) is 6.01. The van der Waals surface area contributed by atoms with Crippen molar-refractivity contribution in [1.29, 1.82) is 0 Å². The minimum atomic E-state index is -1.10. The summed E-state index contributed by atoms with van der Waals surface area (Å²) >= 11 is 0. The molecular weight excluding hydrogens is 272 g/mol. The zero-order chi connectivity index (χ0) is 15.5. The van der Waals surface area contributed by atoms with Gasteiger partial charge >= 0.3 is 5.97 Å². The molecule has 0 aliphatic carbocycles. The number of carboxylic acid groups (broad SMARTS) is 1. The number of nitrogens with zero attached hydrogens (tertiary/aromatic N) is 3. The van der Waals surface area contributed by atoms with Crippen LogP contribution < -0.4 is 10.9 Å². The molecule has 0 bridgehead atoms. The number of carboxylic acids is 1. The first kappa shape index (κ1) is 15.1. The Morgan fingerprint density at radius 2 is 2.14 bits per heavy atom. The molecule has 0 aliphatic rings. The van der Waals surface area contributed by atoms with Crippen LogP contribution in [-0.2, 0) is 11.5 Å². The van der Waals surface area contributed by atoms with Crippen molar-refractivity contribution in [2.24, 2.45) is 0 Å². The van der Waals surface area contributed by atoms with Gasteiger partial charge in [0.2, 0.25) is 0 Å². The quantitative estimate of drug-likeness (QED) is 0.823. The second-order valence-corrected chi connectivity index (χ2v) is 5.13. The van der Waals surface area contributed by atoms with Gasteiger partial charge < -0.3 is 5.11 Å². The lowest BCUT2D eigenvalue weighted by Crippen LogP contribution is -2.51. The summed E-state index contributed by atoms with van der Waals surface area (Å²) in [5.41, 5.74) is -0.868. The van der Waals surface area contributed by atoms with E-state index in [-0.39, 0.29) is 12.2 Å². The molecule has 0 fully saturated rings. The molecule has 7 nitrogen and oxygen atoms in total. The smallest absolute Gasteiger partial charge is 0.323 e. The molecule has 0 saturated carbocycles. The fourth-order valence-corrected chi connectivity index (χ4v) is 2.15. The molecule has 2 N–H and O–H groups in total. The second-order valence-electron chi connectivity index (χ2n) is 5.13. The monoisotopic (exact) mass is 290 g/mol. The van der Waals surface area contributed by atoms with E-state index in [1.165, 1.54) is 0 Å². The van der Waals surface area contributed by atoms with Gasteiger partial charge in [0.05, 0.1) is 12.1 Å². The highest BCUT2D eigenvalue weighted by Crippen LogP contribution is 2.12. The maximum Gasteiger partial charge on any atom is 0.323 e. The lowest BCUT2D eigenvalue weighted by molar-refractivity contribution is -0.144.